The molecule has 7 heteroatoms. The number of nitrogens with two attached hydrogens (primary N) is 1. The van der Waals surface area contributed by atoms with Crippen LogP contribution in [0.2, 0.25) is 0 Å². The van der Waals surface area contributed by atoms with Gasteiger partial charge in [-0.05, 0) is 18.2 Å². The van der Waals surface area contributed by atoms with Gasteiger partial charge in [-0.3, -0.25) is 5.84 Å². The van der Waals surface area contributed by atoms with Crippen molar-refractivity contribution in [3.05, 3.63) is 41.6 Å². The molecule has 0 saturated carbocycles. The van der Waals surface area contributed by atoms with E-state index in [4.69, 9.17) is 20.1 Å². The molecule has 0 spiro atoms. The van der Waals surface area contributed by atoms with Crippen LogP contribution in [0.1, 0.15) is 17.3 Å². The molecule has 2 aromatic rings. The SMILES string of the molecule is COc1ccc(C(NN)c2ccc(OC)nn2)c(OC)c1. The topological polar surface area (TPSA) is 91.5 Å². The zero-order chi connectivity index (χ0) is 15.2. The van der Waals surface area contributed by atoms with Crippen molar-refractivity contribution in [3.8, 4) is 17.4 Å². The molecule has 112 valence electrons. The fraction of sp³-hybridized carbons (Fsp3) is 0.286. The molecule has 0 radical (unpaired) electrons. The van der Waals surface area contributed by atoms with Gasteiger partial charge in [0.1, 0.15) is 11.5 Å². The molecule has 1 aromatic carbocycles. The Kier molecular flexibility index (Phi) is 4.91. The quantitative estimate of drug-likeness (QED) is 0.607. The van der Waals surface area contributed by atoms with E-state index in [0.29, 0.717) is 23.1 Å². The van der Waals surface area contributed by atoms with Crippen molar-refractivity contribution in [2.24, 2.45) is 5.84 Å². The van der Waals surface area contributed by atoms with Crippen LogP contribution in [-0.4, -0.2) is 31.5 Å². The van der Waals surface area contributed by atoms with Crippen LogP contribution in [0, 0.1) is 0 Å². The maximum atomic E-state index is 5.67. The summed E-state index contributed by atoms with van der Waals surface area (Å²) in [6, 6.07) is 8.65. The predicted molar refractivity (Wildman–Crippen MR) is 77.3 cm³/mol. The molecule has 0 saturated heterocycles. The molecule has 7 nitrogen and oxygen atoms in total. The summed E-state index contributed by atoms with van der Waals surface area (Å²) in [5.74, 6) is 7.46. The highest BCUT2D eigenvalue weighted by molar-refractivity contribution is 5.45. The van der Waals surface area contributed by atoms with Crippen LogP contribution >= 0.6 is 0 Å². The van der Waals surface area contributed by atoms with Gasteiger partial charge in [0.15, 0.2) is 0 Å². The molecule has 0 aliphatic carbocycles. The lowest BCUT2D eigenvalue weighted by atomic mass is 10.0. The molecule has 0 aliphatic rings. The minimum Gasteiger partial charge on any atom is -0.497 e. The van der Waals surface area contributed by atoms with Crippen LogP contribution in [0.25, 0.3) is 0 Å². The van der Waals surface area contributed by atoms with E-state index in [2.05, 4.69) is 15.6 Å². The Hall–Kier alpha value is -2.38. The van der Waals surface area contributed by atoms with Crippen LogP contribution in [0.4, 0.5) is 0 Å². The Balaban J connectivity index is 2.40. The number of hydrazine groups is 1. The zero-order valence-corrected chi connectivity index (χ0v) is 12.2. The first-order valence-electron chi connectivity index (χ1n) is 6.29. The van der Waals surface area contributed by atoms with Crippen molar-refractivity contribution < 1.29 is 14.2 Å². The molecule has 3 N–H and O–H groups in total. The Morgan fingerprint density at radius 2 is 1.81 bits per heavy atom. The Morgan fingerprint density at radius 1 is 1.00 bits per heavy atom. The number of rotatable bonds is 6. The maximum Gasteiger partial charge on any atom is 0.233 e. The third-order valence-corrected chi connectivity index (χ3v) is 3.08. The lowest BCUT2D eigenvalue weighted by molar-refractivity contribution is 0.384. The van der Waals surface area contributed by atoms with Crippen LogP contribution in [0.15, 0.2) is 30.3 Å². The van der Waals surface area contributed by atoms with Gasteiger partial charge in [-0.15, -0.1) is 10.2 Å². The average Bonchev–Trinajstić information content (AvgIpc) is 2.56. The fourth-order valence-electron chi connectivity index (χ4n) is 1.98. The lowest BCUT2D eigenvalue weighted by Crippen LogP contribution is -2.30. The monoisotopic (exact) mass is 290 g/mol. The van der Waals surface area contributed by atoms with Gasteiger partial charge in [-0.25, -0.2) is 5.43 Å². The molecule has 1 aromatic heterocycles. The van der Waals surface area contributed by atoms with Crippen LogP contribution in [-0.2, 0) is 0 Å². The number of benzene rings is 1. The van der Waals surface area contributed by atoms with Crippen LogP contribution < -0.4 is 25.5 Å². The van der Waals surface area contributed by atoms with Gasteiger partial charge in [0.2, 0.25) is 5.88 Å². The Morgan fingerprint density at radius 3 is 2.33 bits per heavy atom. The summed E-state index contributed by atoms with van der Waals surface area (Å²) < 4.78 is 15.6. The summed E-state index contributed by atoms with van der Waals surface area (Å²) in [6.07, 6.45) is 0. The first-order valence-corrected chi connectivity index (χ1v) is 6.29. The predicted octanol–water partition coefficient (Wildman–Crippen LogP) is 1.06. The molecule has 1 heterocycles. The van der Waals surface area contributed by atoms with Gasteiger partial charge in [0, 0.05) is 17.7 Å². The number of methoxy groups -OCH3 is 3. The Bertz CT molecular complexity index is 589. The fourth-order valence-corrected chi connectivity index (χ4v) is 1.98. The summed E-state index contributed by atoms with van der Waals surface area (Å²) in [5.41, 5.74) is 4.21. The molecule has 0 bridgehead atoms. The normalized spacial score (nSPS) is 11.8. The third kappa shape index (κ3) is 3.21. The zero-order valence-electron chi connectivity index (χ0n) is 12.2. The molecule has 0 fully saturated rings. The van der Waals surface area contributed by atoms with Gasteiger partial charge < -0.3 is 14.2 Å². The van der Waals surface area contributed by atoms with Crippen molar-refractivity contribution in [2.45, 2.75) is 6.04 Å². The molecule has 1 atom stereocenters. The van der Waals surface area contributed by atoms with E-state index in [0.717, 1.165) is 5.56 Å². The number of aromatic nitrogens is 2. The van der Waals surface area contributed by atoms with E-state index >= 15 is 0 Å². The molecule has 1 unspecified atom stereocenters. The summed E-state index contributed by atoms with van der Waals surface area (Å²) >= 11 is 0. The van der Waals surface area contributed by atoms with Crippen molar-refractivity contribution in [1.82, 2.24) is 15.6 Å². The van der Waals surface area contributed by atoms with Gasteiger partial charge in [-0.1, -0.05) is 0 Å². The molecular weight excluding hydrogens is 272 g/mol. The standard InChI is InChI=1S/C14H18N4O3/c1-19-9-4-5-10(12(8-9)20-2)14(16-15)11-6-7-13(21-3)18-17-11/h4-8,14,16H,15H2,1-3H3. The van der Waals surface area contributed by atoms with Gasteiger partial charge >= 0.3 is 0 Å². The van der Waals surface area contributed by atoms with E-state index in [1.807, 2.05) is 12.1 Å². The van der Waals surface area contributed by atoms with Crippen LogP contribution in [0.5, 0.6) is 17.4 Å². The van der Waals surface area contributed by atoms with E-state index in [9.17, 15) is 0 Å². The van der Waals surface area contributed by atoms with E-state index in [-0.39, 0.29) is 6.04 Å². The minimum atomic E-state index is -0.357. The van der Waals surface area contributed by atoms with Crippen molar-refractivity contribution >= 4 is 0 Å². The third-order valence-electron chi connectivity index (χ3n) is 3.08. The van der Waals surface area contributed by atoms with Gasteiger partial charge in [-0.2, -0.15) is 0 Å². The molecule has 21 heavy (non-hydrogen) atoms. The molecular formula is C14H18N4O3. The first-order chi connectivity index (χ1) is 10.2. The average molecular weight is 290 g/mol. The van der Waals surface area contributed by atoms with Crippen molar-refractivity contribution in [1.29, 1.82) is 0 Å². The number of hydrogen-bond donors (Lipinski definition) is 2. The molecule has 0 amide bonds. The lowest BCUT2D eigenvalue weighted by Gasteiger charge is -2.19. The highest BCUT2D eigenvalue weighted by Crippen LogP contribution is 2.32. The van der Waals surface area contributed by atoms with E-state index in [1.165, 1.54) is 7.11 Å². The van der Waals surface area contributed by atoms with Crippen molar-refractivity contribution in [2.75, 3.05) is 21.3 Å². The number of hydrogen-bond acceptors (Lipinski definition) is 7. The number of nitrogens with zero attached hydrogens (tertiary/aromatic N) is 2. The smallest absolute Gasteiger partial charge is 0.233 e. The Labute approximate surface area is 123 Å². The van der Waals surface area contributed by atoms with E-state index < -0.39 is 0 Å². The second-order valence-electron chi connectivity index (χ2n) is 4.21. The summed E-state index contributed by atoms with van der Waals surface area (Å²) in [4.78, 5) is 0. The second-order valence-corrected chi connectivity index (χ2v) is 4.21. The molecule has 2 rings (SSSR count). The second kappa shape index (κ2) is 6.87. The summed E-state index contributed by atoms with van der Waals surface area (Å²) in [6.45, 7) is 0. The summed E-state index contributed by atoms with van der Waals surface area (Å²) in [5, 5.41) is 8.06. The molecule has 0 aliphatic heterocycles. The van der Waals surface area contributed by atoms with Crippen LogP contribution in [0.3, 0.4) is 0 Å². The number of ether oxygens (including phenoxy) is 3. The largest absolute Gasteiger partial charge is 0.497 e. The van der Waals surface area contributed by atoms with Crippen molar-refractivity contribution in [3.63, 3.8) is 0 Å². The highest BCUT2D eigenvalue weighted by atomic mass is 16.5. The first kappa shape index (κ1) is 15.0. The van der Waals surface area contributed by atoms with E-state index in [1.54, 1.807) is 32.4 Å². The highest BCUT2D eigenvalue weighted by Gasteiger charge is 2.19. The minimum absolute atomic E-state index is 0.357. The van der Waals surface area contributed by atoms with Gasteiger partial charge in [0.25, 0.3) is 0 Å². The summed E-state index contributed by atoms with van der Waals surface area (Å²) in [7, 11) is 4.72. The number of nitrogens with one attached hydrogen (secondary N) is 1. The van der Waals surface area contributed by atoms with Gasteiger partial charge in [0.05, 0.1) is 33.1 Å². The maximum absolute atomic E-state index is 5.67.